The van der Waals surface area contributed by atoms with Crippen LogP contribution in [0.2, 0.25) is 0 Å². The first kappa shape index (κ1) is 25.3. The molecule has 3 aromatic rings. The maximum Gasteiger partial charge on any atom is 0.332 e. The number of urea groups is 1. The molecule has 4 amide bonds. The van der Waals surface area contributed by atoms with Crippen LogP contribution in [0.3, 0.4) is 0 Å². The van der Waals surface area contributed by atoms with Gasteiger partial charge in [0.15, 0.2) is 0 Å². The van der Waals surface area contributed by atoms with E-state index < -0.39 is 11.6 Å². The summed E-state index contributed by atoms with van der Waals surface area (Å²) in [6, 6.07) is 15.5. The highest BCUT2D eigenvalue weighted by atomic mass is 16.5. The highest BCUT2D eigenvalue weighted by molar-refractivity contribution is 6.23. The van der Waals surface area contributed by atoms with E-state index in [2.05, 4.69) is 29.5 Å². The zero-order valence-corrected chi connectivity index (χ0v) is 22.2. The third-order valence-electron chi connectivity index (χ3n) is 7.29. The van der Waals surface area contributed by atoms with Crippen LogP contribution in [-0.4, -0.2) is 46.9 Å². The lowest BCUT2D eigenvalue weighted by Gasteiger charge is -2.27. The van der Waals surface area contributed by atoms with Gasteiger partial charge in [-0.2, -0.15) is 0 Å². The highest BCUT2D eigenvalue weighted by Crippen LogP contribution is 2.40. The highest BCUT2D eigenvalue weighted by Gasteiger charge is 2.52. The Bertz CT molecular complexity index is 1430. The summed E-state index contributed by atoms with van der Waals surface area (Å²) >= 11 is 0. The zero-order valence-electron chi connectivity index (χ0n) is 22.2. The lowest BCUT2D eigenvalue weighted by molar-refractivity contribution is -0.123. The maximum absolute atomic E-state index is 13.6. The molecule has 0 atom stereocenters. The second-order valence-electron chi connectivity index (χ2n) is 10.8. The van der Waals surface area contributed by atoms with Gasteiger partial charge in [0.25, 0.3) is 11.8 Å². The van der Waals surface area contributed by atoms with E-state index in [1.54, 1.807) is 68.5 Å². The van der Waals surface area contributed by atoms with Crippen molar-refractivity contribution in [3.8, 4) is 5.75 Å². The summed E-state index contributed by atoms with van der Waals surface area (Å²) < 4.78 is 5.14. The molecule has 5 rings (SSSR count). The van der Waals surface area contributed by atoms with Gasteiger partial charge in [-0.1, -0.05) is 19.9 Å². The Morgan fingerprint density at radius 2 is 1.79 bits per heavy atom. The van der Waals surface area contributed by atoms with Crippen LogP contribution in [0.25, 0.3) is 0 Å². The Labute approximate surface area is 221 Å². The monoisotopic (exact) mass is 513 g/mol. The number of ether oxygens (including phenoxy) is 1. The Morgan fingerprint density at radius 1 is 1.05 bits per heavy atom. The number of nitrogens with zero attached hydrogens (tertiary/aromatic N) is 3. The lowest BCUT2D eigenvalue weighted by atomic mass is 9.87. The molecule has 2 aliphatic rings. The van der Waals surface area contributed by atoms with Crippen molar-refractivity contribution in [2.45, 2.75) is 45.2 Å². The molecule has 9 heteroatoms. The molecule has 0 radical (unpaired) electrons. The second-order valence-corrected chi connectivity index (χ2v) is 10.8. The van der Waals surface area contributed by atoms with Gasteiger partial charge in [-0.05, 0) is 73.5 Å². The van der Waals surface area contributed by atoms with E-state index in [0.29, 0.717) is 22.8 Å². The molecule has 1 saturated heterocycles. The van der Waals surface area contributed by atoms with Crippen LogP contribution in [0.1, 0.15) is 49.2 Å². The molecule has 2 N–H and O–H groups in total. The van der Waals surface area contributed by atoms with E-state index in [4.69, 9.17) is 4.74 Å². The molecule has 0 saturated carbocycles. The number of amides is 4. The first-order chi connectivity index (χ1) is 18.0. The molecule has 1 fully saturated rings. The molecule has 9 nitrogen and oxygen atoms in total. The first-order valence-electron chi connectivity index (χ1n) is 12.5. The van der Waals surface area contributed by atoms with Crippen molar-refractivity contribution in [3.63, 3.8) is 0 Å². The Morgan fingerprint density at radius 3 is 2.50 bits per heavy atom. The summed E-state index contributed by atoms with van der Waals surface area (Å²) in [5.41, 5.74) is 2.77. The van der Waals surface area contributed by atoms with Gasteiger partial charge in [-0.15, -0.1) is 0 Å². The van der Waals surface area contributed by atoms with Crippen molar-refractivity contribution in [1.29, 1.82) is 0 Å². The molecule has 2 aliphatic heterocycles. The topological polar surface area (TPSA) is 104 Å². The summed E-state index contributed by atoms with van der Waals surface area (Å²) in [5, 5.41) is 6.17. The second kappa shape index (κ2) is 9.16. The minimum atomic E-state index is -1.06. The summed E-state index contributed by atoms with van der Waals surface area (Å²) in [6.45, 7) is 8.78. The fourth-order valence-corrected chi connectivity index (χ4v) is 4.90. The fraction of sp³-hybridized carbons (Fsp3) is 0.310. The quantitative estimate of drug-likeness (QED) is 0.459. The molecule has 3 heterocycles. The number of rotatable bonds is 6. The van der Waals surface area contributed by atoms with E-state index in [1.165, 1.54) is 4.90 Å². The van der Waals surface area contributed by atoms with Crippen molar-refractivity contribution in [1.82, 2.24) is 9.88 Å². The third kappa shape index (κ3) is 4.34. The van der Waals surface area contributed by atoms with E-state index in [9.17, 15) is 14.4 Å². The molecule has 196 valence electrons. The van der Waals surface area contributed by atoms with Crippen LogP contribution in [0.15, 0.2) is 60.8 Å². The van der Waals surface area contributed by atoms with Gasteiger partial charge in [0, 0.05) is 36.0 Å². The number of hydrogen-bond acceptors (Lipinski definition) is 6. The van der Waals surface area contributed by atoms with Gasteiger partial charge in [0.05, 0.1) is 12.8 Å². The van der Waals surface area contributed by atoms with Crippen LogP contribution in [-0.2, 0) is 16.8 Å². The lowest BCUT2D eigenvalue weighted by Crippen LogP contribution is -2.43. The summed E-state index contributed by atoms with van der Waals surface area (Å²) in [4.78, 5) is 46.7. The average molecular weight is 514 g/mol. The third-order valence-corrected chi connectivity index (χ3v) is 7.29. The van der Waals surface area contributed by atoms with E-state index >= 15 is 0 Å². The number of carbonyl (C=O) groups is 3. The van der Waals surface area contributed by atoms with Crippen LogP contribution in [0, 0.1) is 0 Å². The normalized spacial score (nSPS) is 17.3. The van der Waals surface area contributed by atoms with Crippen LogP contribution in [0.4, 0.5) is 22.0 Å². The number of carbonyl (C=O) groups excluding carboxylic acids is 3. The minimum absolute atomic E-state index is 0.0138. The number of benzene rings is 2. The van der Waals surface area contributed by atoms with Crippen LogP contribution in [0.5, 0.6) is 5.75 Å². The van der Waals surface area contributed by atoms with Crippen molar-refractivity contribution in [3.05, 3.63) is 77.5 Å². The molecule has 0 bridgehead atoms. The van der Waals surface area contributed by atoms with E-state index in [0.717, 1.165) is 23.4 Å². The van der Waals surface area contributed by atoms with Crippen molar-refractivity contribution in [2.24, 2.45) is 0 Å². The van der Waals surface area contributed by atoms with E-state index in [-0.39, 0.29) is 23.8 Å². The van der Waals surface area contributed by atoms with Gasteiger partial charge >= 0.3 is 6.03 Å². The van der Waals surface area contributed by atoms with Crippen molar-refractivity contribution in [2.75, 3.05) is 29.2 Å². The number of nitrogens with one attached hydrogen (secondary N) is 2. The summed E-state index contributed by atoms with van der Waals surface area (Å²) in [6.07, 6.45) is 1.57. The van der Waals surface area contributed by atoms with Crippen molar-refractivity contribution < 1.29 is 19.1 Å². The number of pyridine rings is 1. The summed E-state index contributed by atoms with van der Waals surface area (Å²) in [5.74, 6) is 0.401. The average Bonchev–Trinajstić information content (AvgIpc) is 3.28. The predicted octanol–water partition coefficient (Wildman–Crippen LogP) is 4.79. The molecule has 38 heavy (non-hydrogen) atoms. The van der Waals surface area contributed by atoms with E-state index in [1.807, 2.05) is 18.2 Å². The fourth-order valence-electron chi connectivity index (χ4n) is 4.90. The first-order valence-corrected chi connectivity index (χ1v) is 12.5. The maximum atomic E-state index is 13.6. The van der Waals surface area contributed by atoms with Gasteiger partial charge in [0.2, 0.25) is 0 Å². The zero-order chi connectivity index (χ0) is 27.2. The van der Waals surface area contributed by atoms with Crippen LogP contribution < -0.4 is 20.3 Å². The number of imide groups is 1. The smallest absolute Gasteiger partial charge is 0.332 e. The Balaban J connectivity index is 1.35. The number of hydrogen-bond donors (Lipinski definition) is 2. The largest absolute Gasteiger partial charge is 0.497 e. The number of anilines is 3. The van der Waals surface area contributed by atoms with Gasteiger partial charge in [0.1, 0.15) is 17.1 Å². The molecule has 1 aromatic heterocycles. The molecule has 0 spiro atoms. The molecular formula is C29H31N5O4. The molecule has 0 aliphatic carbocycles. The molecule has 2 aromatic carbocycles. The SMILES string of the molecule is COc1ccc(C(=O)Nc2cc(CN3C(=O)N(c4ccc5c(c4)NCC5(C)C)C(=O)C3(C)C)ccn2)cc1. The standard InChI is InChI=1S/C29H31N5O4/c1-28(2)17-31-23-15-20(8-11-22(23)28)34-26(36)29(3,4)33(27(34)37)16-18-12-13-30-24(14-18)32-25(35)19-6-9-21(38-5)10-7-19/h6-15,31H,16-17H2,1-5H3,(H,30,32,35). The number of fused-ring (bicyclic) bond motifs is 1. The molecular weight excluding hydrogens is 482 g/mol. The van der Waals surface area contributed by atoms with Crippen molar-refractivity contribution >= 4 is 35.0 Å². The van der Waals surface area contributed by atoms with Gasteiger partial charge < -0.3 is 20.3 Å². The summed E-state index contributed by atoms with van der Waals surface area (Å²) in [7, 11) is 1.56. The van der Waals surface area contributed by atoms with Crippen LogP contribution >= 0.6 is 0 Å². The predicted molar refractivity (Wildman–Crippen MR) is 146 cm³/mol. The molecule has 0 unspecified atom stereocenters. The minimum Gasteiger partial charge on any atom is -0.497 e. The Hall–Kier alpha value is -4.40. The Kier molecular flexibility index (Phi) is 6.09. The number of aromatic nitrogens is 1. The van der Waals surface area contributed by atoms with Gasteiger partial charge in [-0.3, -0.25) is 9.59 Å². The number of methoxy groups -OCH3 is 1. The van der Waals surface area contributed by atoms with Gasteiger partial charge in [-0.25, -0.2) is 14.7 Å².